The summed E-state index contributed by atoms with van der Waals surface area (Å²) in [7, 11) is 0. The summed E-state index contributed by atoms with van der Waals surface area (Å²) in [5, 5.41) is 14.1. The molecule has 1 N–H and O–H groups in total. The molecule has 9 heteroatoms. The first-order valence-corrected chi connectivity index (χ1v) is 8.06. The lowest BCUT2D eigenvalue weighted by Crippen LogP contribution is -2.25. The summed E-state index contributed by atoms with van der Waals surface area (Å²) in [5.74, 6) is -6.27. The number of halogens is 5. The molecule has 0 aliphatic heterocycles. The van der Waals surface area contributed by atoms with Crippen LogP contribution >= 0.6 is 34.8 Å². The molecule has 0 saturated carbocycles. The maximum atomic E-state index is 13.8. The van der Waals surface area contributed by atoms with Gasteiger partial charge in [-0.15, -0.1) is 0 Å². The van der Waals surface area contributed by atoms with Crippen molar-refractivity contribution in [2.24, 2.45) is 0 Å². The van der Waals surface area contributed by atoms with Crippen molar-refractivity contribution in [2.75, 3.05) is 0 Å². The number of benzene rings is 2. The van der Waals surface area contributed by atoms with Gasteiger partial charge in [0.1, 0.15) is 0 Å². The Labute approximate surface area is 155 Å². The van der Waals surface area contributed by atoms with Crippen LogP contribution in [-0.4, -0.2) is 20.9 Å². The smallest absolute Gasteiger partial charge is 0.379 e. The SMILES string of the molecule is O=C(O)C(F)(F)c1ccc2c(Cl)nn(Cc3c(Cl)cccc3Cl)c2c1. The summed E-state index contributed by atoms with van der Waals surface area (Å²) in [6.07, 6.45) is 0. The Balaban J connectivity index is 2.14. The molecular weight excluding hydrogens is 397 g/mol. The zero-order chi connectivity index (χ0) is 18.4. The Hall–Kier alpha value is -1.89. The molecule has 0 aliphatic carbocycles. The minimum Gasteiger partial charge on any atom is -0.477 e. The van der Waals surface area contributed by atoms with Crippen LogP contribution in [0.4, 0.5) is 8.78 Å². The maximum absolute atomic E-state index is 13.8. The molecule has 0 spiro atoms. The van der Waals surface area contributed by atoms with E-state index in [0.717, 1.165) is 12.1 Å². The predicted molar refractivity (Wildman–Crippen MR) is 91.8 cm³/mol. The predicted octanol–water partition coefficient (Wildman–Crippen LogP) is 5.22. The Morgan fingerprint density at radius 1 is 1.16 bits per heavy atom. The van der Waals surface area contributed by atoms with Gasteiger partial charge in [0.15, 0.2) is 5.15 Å². The van der Waals surface area contributed by atoms with Gasteiger partial charge in [-0.05, 0) is 24.3 Å². The zero-order valence-corrected chi connectivity index (χ0v) is 14.6. The fourth-order valence-corrected chi connectivity index (χ4v) is 3.17. The van der Waals surface area contributed by atoms with Crippen LogP contribution in [0.1, 0.15) is 11.1 Å². The number of fused-ring (bicyclic) bond motifs is 1. The lowest BCUT2D eigenvalue weighted by molar-refractivity contribution is -0.166. The van der Waals surface area contributed by atoms with E-state index in [1.165, 1.54) is 10.7 Å². The van der Waals surface area contributed by atoms with Crippen LogP contribution in [0.5, 0.6) is 0 Å². The number of aromatic nitrogens is 2. The molecule has 0 fully saturated rings. The third-order valence-corrected chi connectivity index (χ3v) is 4.69. The van der Waals surface area contributed by atoms with Crippen LogP contribution in [0.3, 0.4) is 0 Å². The van der Waals surface area contributed by atoms with Gasteiger partial charge in [-0.25, -0.2) is 4.79 Å². The molecule has 0 amide bonds. The molecule has 3 aromatic rings. The first-order chi connectivity index (χ1) is 11.7. The van der Waals surface area contributed by atoms with Gasteiger partial charge in [0, 0.05) is 26.6 Å². The van der Waals surface area contributed by atoms with Gasteiger partial charge >= 0.3 is 11.9 Å². The largest absolute Gasteiger partial charge is 0.477 e. The van der Waals surface area contributed by atoms with Gasteiger partial charge in [-0.2, -0.15) is 13.9 Å². The van der Waals surface area contributed by atoms with Gasteiger partial charge in [-0.1, -0.05) is 46.9 Å². The van der Waals surface area contributed by atoms with Crippen LogP contribution in [0.25, 0.3) is 10.9 Å². The summed E-state index contributed by atoms with van der Waals surface area (Å²) in [6, 6.07) is 8.32. The van der Waals surface area contributed by atoms with E-state index in [2.05, 4.69) is 5.10 Å². The van der Waals surface area contributed by atoms with Crippen molar-refractivity contribution in [1.82, 2.24) is 9.78 Å². The van der Waals surface area contributed by atoms with Crippen LogP contribution in [-0.2, 0) is 17.3 Å². The summed E-state index contributed by atoms with van der Waals surface area (Å²) < 4.78 is 28.9. The second-order valence-electron chi connectivity index (χ2n) is 5.26. The first-order valence-electron chi connectivity index (χ1n) is 6.92. The highest BCUT2D eigenvalue weighted by Crippen LogP contribution is 2.33. The molecule has 130 valence electrons. The fourth-order valence-electron chi connectivity index (χ4n) is 2.41. The highest BCUT2D eigenvalue weighted by atomic mass is 35.5. The minimum atomic E-state index is -4.03. The summed E-state index contributed by atoms with van der Waals surface area (Å²) >= 11 is 18.3. The van der Waals surface area contributed by atoms with Crippen LogP contribution in [0, 0.1) is 0 Å². The molecular formula is C16H9Cl3F2N2O2. The van der Waals surface area contributed by atoms with E-state index in [9.17, 15) is 13.6 Å². The van der Waals surface area contributed by atoms with Crippen molar-refractivity contribution in [3.8, 4) is 0 Å². The van der Waals surface area contributed by atoms with Crippen molar-refractivity contribution in [3.05, 3.63) is 62.7 Å². The van der Waals surface area contributed by atoms with Crippen molar-refractivity contribution in [2.45, 2.75) is 12.5 Å². The number of carbonyl (C=O) groups is 1. The molecule has 4 nitrogen and oxygen atoms in total. The van der Waals surface area contributed by atoms with Crippen LogP contribution in [0.2, 0.25) is 15.2 Å². The van der Waals surface area contributed by atoms with Crippen LogP contribution < -0.4 is 0 Å². The van der Waals surface area contributed by atoms with E-state index < -0.39 is 17.5 Å². The molecule has 2 aromatic carbocycles. The Morgan fingerprint density at radius 2 is 1.80 bits per heavy atom. The lowest BCUT2D eigenvalue weighted by atomic mass is 10.1. The van der Waals surface area contributed by atoms with Crippen molar-refractivity contribution in [1.29, 1.82) is 0 Å². The molecule has 25 heavy (non-hydrogen) atoms. The molecule has 0 atom stereocenters. The highest BCUT2D eigenvalue weighted by molar-refractivity contribution is 6.36. The molecule has 0 saturated heterocycles. The minimum absolute atomic E-state index is 0.0871. The highest BCUT2D eigenvalue weighted by Gasteiger charge is 2.41. The number of nitrogens with zero attached hydrogens (tertiary/aromatic N) is 2. The van der Waals surface area contributed by atoms with Gasteiger partial charge < -0.3 is 5.11 Å². The molecule has 0 unspecified atom stereocenters. The summed E-state index contributed by atoms with van der Waals surface area (Å²) in [6.45, 7) is 0.0871. The van der Waals surface area contributed by atoms with E-state index >= 15 is 0 Å². The van der Waals surface area contributed by atoms with Crippen molar-refractivity contribution >= 4 is 51.7 Å². The van der Waals surface area contributed by atoms with E-state index in [1.54, 1.807) is 18.2 Å². The maximum Gasteiger partial charge on any atom is 0.379 e. The number of hydrogen-bond donors (Lipinski definition) is 1. The third-order valence-electron chi connectivity index (χ3n) is 3.71. The quantitative estimate of drug-likeness (QED) is 0.647. The van der Waals surface area contributed by atoms with Crippen molar-refractivity contribution < 1.29 is 18.7 Å². The van der Waals surface area contributed by atoms with Gasteiger partial charge in [0.05, 0.1) is 12.1 Å². The summed E-state index contributed by atoms with van der Waals surface area (Å²) in [4.78, 5) is 10.8. The zero-order valence-electron chi connectivity index (χ0n) is 12.3. The molecule has 3 rings (SSSR count). The fraction of sp³-hybridized carbons (Fsp3) is 0.125. The third kappa shape index (κ3) is 3.17. The van der Waals surface area contributed by atoms with Gasteiger partial charge in [-0.3, -0.25) is 4.68 Å². The number of aliphatic carboxylic acids is 1. The monoisotopic (exact) mass is 404 g/mol. The van der Waals surface area contributed by atoms with E-state index in [1.807, 2.05) is 0 Å². The number of alkyl halides is 2. The lowest BCUT2D eigenvalue weighted by Gasteiger charge is -2.12. The second kappa shape index (κ2) is 6.44. The number of carboxylic acids is 1. The standard InChI is InChI=1S/C16H9Cl3F2N2O2/c17-11-2-1-3-12(18)10(11)7-23-13-6-8(16(20,21)15(24)25)4-5-9(13)14(19)22-23/h1-6H,7H2,(H,24,25). The second-order valence-corrected chi connectivity index (χ2v) is 6.43. The molecule has 0 bridgehead atoms. The molecule has 1 aromatic heterocycles. The topological polar surface area (TPSA) is 55.1 Å². The average Bonchev–Trinajstić information content (AvgIpc) is 2.86. The normalized spacial score (nSPS) is 11.9. The van der Waals surface area contributed by atoms with E-state index in [4.69, 9.17) is 39.9 Å². The van der Waals surface area contributed by atoms with Crippen LogP contribution in [0.15, 0.2) is 36.4 Å². The average molecular weight is 406 g/mol. The van der Waals surface area contributed by atoms with Crippen molar-refractivity contribution in [3.63, 3.8) is 0 Å². The molecule has 1 heterocycles. The molecule has 0 aliphatic rings. The van der Waals surface area contributed by atoms with Gasteiger partial charge in [0.25, 0.3) is 0 Å². The Morgan fingerprint density at radius 3 is 2.40 bits per heavy atom. The summed E-state index contributed by atoms with van der Waals surface area (Å²) in [5.41, 5.74) is 0.122. The van der Waals surface area contributed by atoms with E-state index in [0.29, 0.717) is 21.0 Å². The number of rotatable bonds is 4. The number of carboxylic acid groups (broad SMARTS) is 1. The number of hydrogen-bond acceptors (Lipinski definition) is 2. The Bertz CT molecular complexity index is 969. The Kier molecular flexibility index (Phi) is 4.62. The van der Waals surface area contributed by atoms with E-state index in [-0.39, 0.29) is 17.2 Å². The van der Waals surface area contributed by atoms with Gasteiger partial charge in [0.2, 0.25) is 0 Å². The first kappa shape index (κ1) is 17.9. The molecule has 0 radical (unpaired) electrons.